The molecule has 9 heteroatoms. The third-order valence-electron chi connectivity index (χ3n) is 6.24. The molecule has 0 saturated heterocycles. The predicted molar refractivity (Wildman–Crippen MR) is 140 cm³/mol. The molecule has 0 spiro atoms. The van der Waals surface area contributed by atoms with Crippen LogP contribution in [0.2, 0.25) is 5.02 Å². The van der Waals surface area contributed by atoms with E-state index in [1.165, 1.54) is 7.11 Å². The molecule has 1 N–H and O–H groups in total. The van der Waals surface area contributed by atoms with Gasteiger partial charge in [-0.25, -0.2) is 9.78 Å². The van der Waals surface area contributed by atoms with E-state index in [9.17, 15) is 14.7 Å². The first kappa shape index (κ1) is 26.0. The van der Waals surface area contributed by atoms with Crippen molar-refractivity contribution in [2.75, 3.05) is 14.2 Å². The van der Waals surface area contributed by atoms with Crippen LogP contribution in [0.15, 0.2) is 54.7 Å². The fraction of sp³-hybridized carbons (Fsp3) is 0.250. The molecule has 0 aliphatic heterocycles. The number of carbonyl (C=O) groups excluding carboxylic acids is 1. The highest BCUT2D eigenvalue weighted by atomic mass is 35.5. The number of halogens is 1. The number of ketones is 1. The van der Waals surface area contributed by atoms with E-state index >= 15 is 0 Å². The number of carboxylic acids is 1. The zero-order valence-electron chi connectivity index (χ0n) is 20.9. The molecule has 2 heterocycles. The molecule has 0 aliphatic carbocycles. The zero-order chi connectivity index (χ0) is 26.7. The van der Waals surface area contributed by atoms with Crippen LogP contribution < -0.4 is 14.2 Å². The minimum absolute atomic E-state index is 0.146. The maximum atomic E-state index is 13.7. The van der Waals surface area contributed by atoms with Crippen molar-refractivity contribution in [3.05, 3.63) is 82.1 Å². The molecule has 0 radical (unpaired) electrons. The van der Waals surface area contributed by atoms with E-state index in [0.717, 1.165) is 11.2 Å². The number of benzene rings is 2. The SMILES string of the molecule is CC[C@@H](Oc1ccc(Cl)c(Cn2c(C)c(C(=O)c3ccc(OC)cc3)c3cc(OC)ncc32)c1)C(=O)O. The minimum Gasteiger partial charge on any atom is -0.497 e. The molecular formula is C28H27ClN2O6. The van der Waals surface area contributed by atoms with Gasteiger partial charge in [0.25, 0.3) is 0 Å². The van der Waals surface area contributed by atoms with Crippen molar-refractivity contribution in [1.82, 2.24) is 9.55 Å². The van der Waals surface area contributed by atoms with Crippen LogP contribution in [0.4, 0.5) is 0 Å². The summed E-state index contributed by atoms with van der Waals surface area (Å²) in [6.45, 7) is 3.93. The quantitative estimate of drug-likeness (QED) is 0.273. The molecule has 37 heavy (non-hydrogen) atoms. The highest BCUT2D eigenvalue weighted by Crippen LogP contribution is 2.33. The van der Waals surface area contributed by atoms with Crippen molar-refractivity contribution in [2.24, 2.45) is 0 Å². The van der Waals surface area contributed by atoms with Crippen molar-refractivity contribution < 1.29 is 28.9 Å². The average Bonchev–Trinajstić information content (AvgIpc) is 3.18. The summed E-state index contributed by atoms with van der Waals surface area (Å²) in [5, 5.41) is 10.5. The molecule has 2 aromatic heterocycles. The van der Waals surface area contributed by atoms with Gasteiger partial charge in [0.2, 0.25) is 5.88 Å². The van der Waals surface area contributed by atoms with Crippen LogP contribution in [0.1, 0.15) is 40.5 Å². The van der Waals surface area contributed by atoms with Crippen molar-refractivity contribution in [2.45, 2.75) is 32.9 Å². The van der Waals surface area contributed by atoms with Crippen molar-refractivity contribution >= 4 is 34.3 Å². The van der Waals surface area contributed by atoms with Crippen LogP contribution in [0.5, 0.6) is 17.4 Å². The summed E-state index contributed by atoms with van der Waals surface area (Å²) in [5.74, 6) is 0.269. The summed E-state index contributed by atoms with van der Waals surface area (Å²) in [5.41, 5.74) is 3.21. The van der Waals surface area contributed by atoms with E-state index in [-0.39, 0.29) is 5.78 Å². The normalized spacial score (nSPS) is 11.8. The highest BCUT2D eigenvalue weighted by Gasteiger charge is 2.23. The standard InChI is InChI=1S/C28H27ClN2O6/c1-5-24(28(33)34)37-20-10-11-22(29)18(12-20)15-31-16(2)26(21-13-25(36-4)30-14-23(21)31)27(32)17-6-8-19(35-3)9-7-17/h6-14,24H,5,15H2,1-4H3,(H,33,34)/t24-/m1/s1. The molecule has 4 rings (SSSR count). The van der Waals surface area contributed by atoms with Gasteiger partial charge in [-0.2, -0.15) is 0 Å². The number of aromatic nitrogens is 2. The Balaban J connectivity index is 1.80. The van der Waals surface area contributed by atoms with Gasteiger partial charge in [0.05, 0.1) is 31.5 Å². The zero-order valence-corrected chi connectivity index (χ0v) is 21.7. The number of pyridine rings is 1. The number of hydrogen-bond donors (Lipinski definition) is 1. The second kappa shape index (κ2) is 10.9. The van der Waals surface area contributed by atoms with Gasteiger partial charge in [0.1, 0.15) is 11.5 Å². The molecular weight excluding hydrogens is 496 g/mol. The van der Waals surface area contributed by atoms with Crippen LogP contribution in [-0.4, -0.2) is 46.7 Å². The van der Waals surface area contributed by atoms with Gasteiger partial charge in [-0.15, -0.1) is 0 Å². The minimum atomic E-state index is -1.03. The average molecular weight is 523 g/mol. The first-order valence-electron chi connectivity index (χ1n) is 11.7. The molecule has 192 valence electrons. The number of ether oxygens (including phenoxy) is 3. The molecule has 8 nitrogen and oxygen atoms in total. The Bertz CT molecular complexity index is 1460. The van der Waals surface area contributed by atoms with Gasteiger partial charge in [0, 0.05) is 34.3 Å². The maximum Gasteiger partial charge on any atom is 0.344 e. The third-order valence-corrected chi connectivity index (χ3v) is 6.61. The van der Waals surface area contributed by atoms with Gasteiger partial charge in [-0.3, -0.25) is 4.79 Å². The van der Waals surface area contributed by atoms with Crippen molar-refractivity contribution in [3.63, 3.8) is 0 Å². The van der Waals surface area contributed by atoms with E-state index in [0.29, 0.717) is 57.4 Å². The smallest absolute Gasteiger partial charge is 0.344 e. The van der Waals surface area contributed by atoms with Crippen LogP contribution in [0, 0.1) is 6.92 Å². The highest BCUT2D eigenvalue weighted by molar-refractivity contribution is 6.31. The van der Waals surface area contributed by atoms with E-state index in [2.05, 4.69) is 4.98 Å². The van der Waals surface area contributed by atoms with Crippen LogP contribution in [0.25, 0.3) is 10.9 Å². The summed E-state index contributed by atoms with van der Waals surface area (Å²) in [6.07, 6.45) is 1.02. The Kier molecular flexibility index (Phi) is 7.69. The predicted octanol–water partition coefficient (Wildman–Crippen LogP) is 5.54. The Morgan fingerprint density at radius 3 is 2.38 bits per heavy atom. The Labute approximate surface area is 219 Å². The number of rotatable bonds is 10. The fourth-order valence-corrected chi connectivity index (χ4v) is 4.41. The topological polar surface area (TPSA) is 99.9 Å². The second-order valence-corrected chi connectivity index (χ2v) is 8.86. The lowest BCUT2D eigenvalue weighted by molar-refractivity contribution is -0.145. The van der Waals surface area contributed by atoms with Gasteiger partial charge in [-0.05, 0) is 61.4 Å². The lowest BCUT2D eigenvalue weighted by atomic mass is 10.0. The second-order valence-electron chi connectivity index (χ2n) is 8.45. The Hall–Kier alpha value is -4.04. The Morgan fingerprint density at radius 2 is 1.76 bits per heavy atom. The monoisotopic (exact) mass is 522 g/mol. The number of fused-ring (bicyclic) bond motifs is 1. The van der Waals surface area contributed by atoms with E-state index in [1.807, 2.05) is 11.5 Å². The largest absolute Gasteiger partial charge is 0.497 e. The van der Waals surface area contributed by atoms with Crippen LogP contribution in [-0.2, 0) is 11.3 Å². The molecule has 4 aromatic rings. The molecule has 0 unspecified atom stereocenters. The van der Waals surface area contributed by atoms with Crippen LogP contribution in [0.3, 0.4) is 0 Å². The summed E-state index contributed by atoms with van der Waals surface area (Å²) in [4.78, 5) is 29.5. The molecule has 2 aromatic carbocycles. The molecule has 0 amide bonds. The van der Waals surface area contributed by atoms with E-state index in [1.54, 1.807) is 68.8 Å². The van der Waals surface area contributed by atoms with Gasteiger partial charge in [-0.1, -0.05) is 18.5 Å². The molecule has 1 atom stereocenters. The summed E-state index contributed by atoms with van der Waals surface area (Å²) >= 11 is 6.52. The Morgan fingerprint density at radius 1 is 1.05 bits per heavy atom. The number of aliphatic carboxylic acids is 1. The summed E-state index contributed by atoms with van der Waals surface area (Å²) < 4.78 is 18.2. The summed E-state index contributed by atoms with van der Waals surface area (Å²) in [7, 11) is 3.10. The maximum absolute atomic E-state index is 13.7. The number of methoxy groups -OCH3 is 2. The number of carbonyl (C=O) groups is 2. The first-order chi connectivity index (χ1) is 17.8. The number of hydrogen-bond acceptors (Lipinski definition) is 6. The fourth-order valence-electron chi connectivity index (χ4n) is 4.23. The van der Waals surface area contributed by atoms with Gasteiger partial charge >= 0.3 is 5.97 Å². The molecule has 0 aliphatic rings. The van der Waals surface area contributed by atoms with Crippen LogP contribution >= 0.6 is 11.6 Å². The first-order valence-corrected chi connectivity index (χ1v) is 12.0. The molecule has 0 bridgehead atoms. The molecule has 0 fully saturated rings. The number of carboxylic acid groups (broad SMARTS) is 1. The molecule has 0 saturated carbocycles. The third kappa shape index (κ3) is 5.24. The summed E-state index contributed by atoms with van der Waals surface area (Å²) in [6, 6.07) is 13.7. The van der Waals surface area contributed by atoms with E-state index < -0.39 is 12.1 Å². The lowest BCUT2D eigenvalue weighted by Crippen LogP contribution is -2.25. The van der Waals surface area contributed by atoms with Gasteiger partial charge in [0.15, 0.2) is 11.9 Å². The van der Waals surface area contributed by atoms with Gasteiger partial charge < -0.3 is 23.9 Å². The number of nitrogens with zero attached hydrogens (tertiary/aromatic N) is 2. The lowest BCUT2D eigenvalue weighted by Gasteiger charge is -2.16. The van der Waals surface area contributed by atoms with Crippen molar-refractivity contribution in [3.8, 4) is 17.4 Å². The van der Waals surface area contributed by atoms with Crippen molar-refractivity contribution in [1.29, 1.82) is 0 Å². The van der Waals surface area contributed by atoms with E-state index in [4.69, 9.17) is 25.8 Å².